The molecule has 0 atom stereocenters. The van der Waals surface area contributed by atoms with Crippen LogP contribution in [-0.2, 0) is 11.3 Å². The van der Waals surface area contributed by atoms with Crippen LogP contribution < -0.4 is 10.6 Å². The van der Waals surface area contributed by atoms with Gasteiger partial charge in [0, 0.05) is 24.8 Å². The Morgan fingerprint density at radius 1 is 1.41 bits per heavy atom. The second-order valence-corrected chi connectivity index (χ2v) is 4.71. The quantitative estimate of drug-likeness (QED) is 0.779. The molecule has 2 N–H and O–H groups in total. The summed E-state index contributed by atoms with van der Waals surface area (Å²) in [7, 11) is 0. The molecule has 0 fully saturated rings. The van der Waals surface area contributed by atoms with Crippen molar-refractivity contribution < 1.29 is 4.79 Å². The van der Waals surface area contributed by atoms with Crippen LogP contribution in [-0.4, -0.2) is 28.0 Å². The Kier molecular flexibility index (Phi) is 5.15. The van der Waals surface area contributed by atoms with E-state index in [1.807, 2.05) is 26.4 Å². The highest BCUT2D eigenvalue weighted by Crippen LogP contribution is 2.07. The highest BCUT2D eigenvalue weighted by atomic mass is 16.1. The minimum Gasteiger partial charge on any atom is -0.353 e. The third-order valence-electron chi connectivity index (χ3n) is 2.34. The Bertz CT molecular complexity index is 357. The van der Waals surface area contributed by atoms with Gasteiger partial charge in [0.25, 0.3) is 0 Å². The van der Waals surface area contributed by atoms with Crippen LogP contribution in [0.1, 0.15) is 39.4 Å². The van der Waals surface area contributed by atoms with Gasteiger partial charge in [-0.3, -0.25) is 4.79 Å². The number of hydrogen-bond acceptors (Lipinski definition) is 3. The fourth-order valence-corrected chi connectivity index (χ4v) is 1.61. The summed E-state index contributed by atoms with van der Waals surface area (Å²) < 4.78 is 2.09. The SMILES string of the molecule is CC(C)NC(=O)CNCc1cncn1C(C)C. The number of aromatic nitrogens is 2. The van der Waals surface area contributed by atoms with Crippen LogP contribution in [0.2, 0.25) is 0 Å². The van der Waals surface area contributed by atoms with Crippen molar-refractivity contribution in [2.75, 3.05) is 6.54 Å². The monoisotopic (exact) mass is 238 g/mol. The van der Waals surface area contributed by atoms with Crippen molar-refractivity contribution in [3.05, 3.63) is 18.2 Å². The molecule has 96 valence electrons. The summed E-state index contributed by atoms with van der Waals surface area (Å²) in [6.45, 7) is 9.11. The van der Waals surface area contributed by atoms with Gasteiger partial charge in [-0.25, -0.2) is 4.98 Å². The van der Waals surface area contributed by atoms with Crippen LogP contribution in [0.25, 0.3) is 0 Å². The van der Waals surface area contributed by atoms with E-state index < -0.39 is 0 Å². The summed E-state index contributed by atoms with van der Waals surface area (Å²) in [5, 5.41) is 5.95. The normalized spacial score (nSPS) is 11.2. The molecule has 1 aromatic heterocycles. The zero-order chi connectivity index (χ0) is 12.8. The van der Waals surface area contributed by atoms with Crippen LogP contribution in [0, 0.1) is 0 Å². The van der Waals surface area contributed by atoms with Gasteiger partial charge in [0.2, 0.25) is 5.91 Å². The molecule has 0 unspecified atom stereocenters. The first-order valence-corrected chi connectivity index (χ1v) is 6.01. The summed E-state index contributed by atoms with van der Waals surface area (Å²) in [5.41, 5.74) is 1.09. The standard InChI is InChI=1S/C12H22N4O/c1-9(2)15-12(17)7-13-5-11-6-14-8-16(11)10(3)4/h6,8-10,13H,5,7H2,1-4H3,(H,15,17). The minimum absolute atomic E-state index is 0.0237. The molecule has 5 heteroatoms. The van der Waals surface area contributed by atoms with Gasteiger partial charge in [0.05, 0.1) is 18.6 Å². The predicted octanol–water partition coefficient (Wildman–Crippen LogP) is 1.08. The Labute approximate surface area is 103 Å². The Balaban J connectivity index is 2.36. The maximum absolute atomic E-state index is 11.4. The molecular weight excluding hydrogens is 216 g/mol. The van der Waals surface area contributed by atoms with E-state index in [1.54, 1.807) is 0 Å². The number of rotatable bonds is 6. The third-order valence-corrected chi connectivity index (χ3v) is 2.34. The lowest BCUT2D eigenvalue weighted by molar-refractivity contribution is -0.120. The van der Waals surface area contributed by atoms with Crippen molar-refractivity contribution in [3.8, 4) is 0 Å². The molecule has 0 aliphatic heterocycles. The molecule has 5 nitrogen and oxygen atoms in total. The van der Waals surface area contributed by atoms with Gasteiger partial charge in [0.15, 0.2) is 0 Å². The number of carbonyl (C=O) groups excluding carboxylic acids is 1. The molecule has 0 aliphatic carbocycles. The number of imidazole rings is 1. The number of carbonyl (C=O) groups is 1. The van der Waals surface area contributed by atoms with Crippen LogP contribution in [0.4, 0.5) is 0 Å². The van der Waals surface area contributed by atoms with Crippen molar-refractivity contribution in [1.29, 1.82) is 0 Å². The molecule has 0 radical (unpaired) electrons. The van der Waals surface area contributed by atoms with E-state index in [2.05, 4.69) is 34.0 Å². The average Bonchev–Trinajstić information content (AvgIpc) is 2.64. The first kappa shape index (κ1) is 13.7. The number of hydrogen-bond donors (Lipinski definition) is 2. The van der Waals surface area contributed by atoms with E-state index in [0.717, 1.165) is 5.69 Å². The van der Waals surface area contributed by atoms with Crippen LogP contribution in [0.3, 0.4) is 0 Å². The minimum atomic E-state index is 0.0237. The molecule has 0 saturated carbocycles. The third kappa shape index (κ3) is 4.56. The van der Waals surface area contributed by atoms with Crippen LogP contribution in [0.15, 0.2) is 12.5 Å². The molecule has 0 aromatic carbocycles. The van der Waals surface area contributed by atoms with Gasteiger partial charge in [-0.1, -0.05) is 0 Å². The van der Waals surface area contributed by atoms with E-state index in [-0.39, 0.29) is 11.9 Å². The maximum Gasteiger partial charge on any atom is 0.234 e. The Hall–Kier alpha value is -1.36. The van der Waals surface area contributed by atoms with E-state index in [1.165, 1.54) is 0 Å². The molecule has 0 bridgehead atoms. The van der Waals surface area contributed by atoms with Crippen molar-refractivity contribution in [3.63, 3.8) is 0 Å². The predicted molar refractivity (Wildman–Crippen MR) is 67.6 cm³/mol. The fraction of sp³-hybridized carbons (Fsp3) is 0.667. The molecule has 17 heavy (non-hydrogen) atoms. The first-order valence-electron chi connectivity index (χ1n) is 6.01. The lowest BCUT2D eigenvalue weighted by Gasteiger charge is -2.13. The molecule has 0 spiro atoms. The summed E-state index contributed by atoms with van der Waals surface area (Å²) in [5.74, 6) is 0.0237. The van der Waals surface area contributed by atoms with Crippen molar-refractivity contribution in [2.24, 2.45) is 0 Å². The molecule has 1 heterocycles. The Morgan fingerprint density at radius 3 is 2.71 bits per heavy atom. The second kappa shape index (κ2) is 6.39. The van der Waals surface area contributed by atoms with E-state index in [9.17, 15) is 4.79 Å². The Morgan fingerprint density at radius 2 is 2.12 bits per heavy atom. The smallest absolute Gasteiger partial charge is 0.234 e. The summed E-state index contributed by atoms with van der Waals surface area (Å²) in [6.07, 6.45) is 3.64. The molecule has 1 amide bonds. The average molecular weight is 238 g/mol. The topological polar surface area (TPSA) is 59.0 Å². The number of nitrogens with one attached hydrogen (secondary N) is 2. The summed E-state index contributed by atoms with van der Waals surface area (Å²) in [6, 6.07) is 0.573. The van der Waals surface area contributed by atoms with Crippen molar-refractivity contribution in [2.45, 2.75) is 46.3 Å². The fourth-order valence-electron chi connectivity index (χ4n) is 1.61. The second-order valence-electron chi connectivity index (χ2n) is 4.71. The molecule has 0 saturated heterocycles. The highest BCUT2D eigenvalue weighted by Gasteiger charge is 2.06. The zero-order valence-corrected chi connectivity index (χ0v) is 11.0. The van der Waals surface area contributed by atoms with E-state index in [0.29, 0.717) is 19.1 Å². The van der Waals surface area contributed by atoms with Gasteiger partial charge in [0.1, 0.15) is 0 Å². The van der Waals surface area contributed by atoms with Crippen molar-refractivity contribution in [1.82, 2.24) is 20.2 Å². The number of nitrogens with zero attached hydrogens (tertiary/aromatic N) is 2. The number of amides is 1. The zero-order valence-electron chi connectivity index (χ0n) is 11.0. The van der Waals surface area contributed by atoms with Crippen LogP contribution in [0.5, 0.6) is 0 Å². The van der Waals surface area contributed by atoms with Gasteiger partial charge in [-0.05, 0) is 27.7 Å². The maximum atomic E-state index is 11.4. The van der Waals surface area contributed by atoms with Crippen molar-refractivity contribution >= 4 is 5.91 Å². The van der Waals surface area contributed by atoms with Gasteiger partial charge in [-0.2, -0.15) is 0 Å². The lowest BCUT2D eigenvalue weighted by Crippen LogP contribution is -2.37. The molecule has 1 aromatic rings. The molecule has 1 rings (SSSR count). The van der Waals surface area contributed by atoms with E-state index >= 15 is 0 Å². The van der Waals surface area contributed by atoms with Gasteiger partial charge < -0.3 is 15.2 Å². The largest absolute Gasteiger partial charge is 0.353 e. The lowest BCUT2D eigenvalue weighted by atomic mass is 10.3. The van der Waals surface area contributed by atoms with Gasteiger partial charge >= 0.3 is 0 Å². The molecule has 0 aliphatic rings. The van der Waals surface area contributed by atoms with E-state index in [4.69, 9.17) is 0 Å². The summed E-state index contributed by atoms with van der Waals surface area (Å²) in [4.78, 5) is 15.5. The summed E-state index contributed by atoms with van der Waals surface area (Å²) >= 11 is 0. The highest BCUT2D eigenvalue weighted by molar-refractivity contribution is 5.78. The van der Waals surface area contributed by atoms with Crippen LogP contribution >= 0.6 is 0 Å². The first-order chi connectivity index (χ1) is 8.00. The molecular formula is C12H22N4O. The van der Waals surface area contributed by atoms with Gasteiger partial charge in [-0.15, -0.1) is 0 Å².